The molecule has 1 aromatic heterocycles. The Hall–Kier alpha value is -3.22. The number of para-hydroxylation sites is 1. The number of likely N-dealkylation sites (N-methyl/N-ethyl adjacent to an activating group) is 1. The molecule has 4 amide bonds. The summed E-state index contributed by atoms with van der Waals surface area (Å²) in [4.78, 5) is 43.8. The molecule has 0 unspecified atom stereocenters. The van der Waals surface area contributed by atoms with E-state index in [-0.39, 0.29) is 17.8 Å². The van der Waals surface area contributed by atoms with Crippen LogP contribution in [0.1, 0.15) is 18.4 Å². The predicted octanol–water partition coefficient (Wildman–Crippen LogP) is 1.79. The number of likely N-dealkylation sites (tertiary alicyclic amines) is 1. The van der Waals surface area contributed by atoms with Crippen molar-refractivity contribution in [3.8, 4) is 0 Å². The van der Waals surface area contributed by atoms with Crippen LogP contribution in [0, 0.1) is 0 Å². The predicted molar refractivity (Wildman–Crippen MR) is 101 cm³/mol. The van der Waals surface area contributed by atoms with Crippen molar-refractivity contribution in [1.82, 2.24) is 20.1 Å². The molecule has 4 rings (SSSR count). The molecule has 2 fully saturated rings. The van der Waals surface area contributed by atoms with E-state index in [1.165, 1.54) is 7.05 Å². The van der Waals surface area contributed by atoms with Crippen molar-refractivity contribution in [2.75, 3.05) is 20.1 Å². The Labute approximate surface area is 156 Å². The number of urea groups is 1. The van der Waals surface area contributed by atoms with Gasteiger partial charge in [0.2, 0.25) is 5.91 Å². The molecule has 0 bridgehead atoms. The third kappa shape index (κ3) is 2.95. The molecule has 1 spiro atoms. The van der Waals surface area contributed by atoms with Gasteiger partial charge < -0.3 is 10.2 Å². The second-order valence-electron chi connectivity index (χ2n) is 6.95. The zero-order chi connectivity index (χ0) is 19.0. The Kier molecular flexibility index (Phi) is 4.14. The molecule has 7 heteroatoms. The number of carbonyl (C=O) groups is 3. The fourth-order valence-corrected chi connectivity index (χ4v) is 3.73. The monoisotopic (exact) mass is 364 g/mol. The van der Waals surface area contributed by atoms with Crippen molar-refractivity contribution in [2.45, 2.75) is 18.4 Å². The highest BCUT2D eigenvalue weighted by atomic mass is 16.2. The lowest BCUT2D eigenvalue weighted by Crippen LogP contribution is -2.55. The Morgan fingerprint density at radius 2 is 1.93 bits per heavy atom. The summed E-state index contributed by atoms with van der Waals surface area (Å²) in [6, 6.07) is 9.28. The lowest BCUT2D eigenvalue weighted by Gasteiger charge is -2.36. The highest BCUT2D eigenvalue weighted by Crippen LogP contribution is 2.29. The Morgan fingerprint density at radius 3 is 2.63 bits per heavy atom. The molecule has 2 saturated heterocycles. The number of hydrogen-bond donors (Lipinski definition) is 1. The van der Waals surface area contributed by atoms with E-state index in [0.717, 1.165) is 21.4 Å². The van der Waals surface area contributed by atoms with Crippen molar-refractivity contribution < 1.29 is 14.4 Å². The standard InChI is InChI=1S/C20H20N4O3/c1-23-18(26)20(22-19(23)27)9-12-24(13-10-20)17(25)7-6-14-8-11-21-16-5-3-2-4-15(14)16/h2-8,11H,9-10,12-13H2,1H3,(H,22,27)/b7-6+. The van der Waals surface area contributed by atoms with E-state index in [0.29, 0.717) is 25.9 Å². The number of nitrogens with one attached hydrogen (secondary N) is 1. The molecule has 0 atom stereocenters. The third-order valence-electron chi connectivity index (χ3n) is 5.38. The van der Waals surface area contributed by atoms with E-state index in [9.17, 15) is 14.4 Å². The van der Waals surface area contributed by atoms with E-state index in [2.05, 4.69) is 10.3 Å². The van der Waals surface area contributed by atoms with E-state index >= 15 is 0 Å². The molecule has 1 aromatic carbocycles. The van der Waals surface area contributed by atoms with Crippen LogP contribution in [0.4, 0.5) is 4.79 Å². The molecule has 2 aromatic rings. The number of nitrogens with zero attached hydrogens (tertiary/aromatic N) is 3. The normalized spacial score (nSPS) is 19.3. The topological polar surface area (TPSA) is 82.6 Å². The van der Waals surface area contributed by atoms with Gasteiger partial charge in [-0.1, -0.05) is 18.2 Å². The van der Waals surface area contributed by atoms with Crippen LogP contribution in [0.25, 0.3) is 17.0 Å². The zero-order valence-electron chi connectivity index (χ0n) is 15.0. The average Bonchev–Trinajstić information content (AvgIpc) is 2.90. The van der Waals surface area contributed by atoms with Gasteiger partial charge in [-0.25, -0.2) is 4.79 Å². The second kappa shape index (κ2) is 6.50. The van der Waals surface area contributed by atoms with Gasteiger partial charge in [0.1, 0.15) is 5.54 Å². The van der Waals surface area contributed by atoms with Crippen LogP contribution in [-0.2, 0) is 9.59 Å². The van der Waals surface area contributed by atoms with Crippen LogP contribution in [0.3, 0.4) is 0 Å². The number of amides is 4. The first kappa shape index (κ1) is 17.2. The zero-order valence-corrected chi connectivity index (χ0v) is 15.0. The highest BCUT2D eigenvalue weighted by Gasteiger charge is 2.51. The number of aromatic nitrogens is 1. The molecule has 27 heavy (non-hydrogen) atoms. The first-order valence-electron chi connectivity index (χ1n) is 8.91. The number of pyridine rings is 1. The van der Waals surface area contributed by atoms with Crippen molar-refractivity contribution in [3.05, 3.63) is 48.2 Å². The van der Waals surface area contributed by atoms with Gasteiger partial charge in [0.15, 0.2) is 0 Å². The first-order chi connectivity index (χ1) is 13.0. The van der Waals surface area contributed by atoms with Crippen LogP contribution in [-0.4, -0.2) is 58.3 Å². The molecular weight excluding hydrogens is 344 g/mol. The molecule has 0 aliphatic carbocycles. The fraction of sp³-hybridized carbons (Fsp3) is 0.300. The number of benzene rings is 1. The summed E-state index contributed by atoms with van der Waals surface area (Å²) in [5, 5.41) is 3.77. The number of hydrogen-bond acceptors (Lipinski definition) is 4. The summed E-state index contributed by atoms with van der Waals surface area (Å²) < 4.78 is 0. The van der Waals surface area contributed by atoms with Gasteiger partial charge in [-0.3, -0.25) is 19.5 Å². The molecule has 3 heterocycles. The minimum atomic E-state index is -0.854. The Balaban J connectivity index is 1.45. The summed E-state index contributed by atoms with van der Waals surface area (Å²) in [6.07, 6.45) is 5.94. The smallest absolute Gasteiger partial charge is 0.324 e. The minimum absolute atomic E-state index is 0.101. The lowest BCUT2D eigenvalue weighted by atomic mass is 9.87. The second-order valence-corrected chi connectivity index (χ2v) is 6.95. The molecule has 2 aliphatic rings. The summed E-state index contributed by atoms with van der Waals surface area (Å²) in [6.45, 7) is 0.861. The molecular formula is C20H20N4O3. The summed E-state index contributed by atoms with van der Waals surface area (Å²) >= 11 is 0. The number of imide groups is 1. The molecule has 138 valence electrons. The largest absolute Gasteiger partial charge is 0.339 e. The van der Waals surface area contributed by atoms with Crippen molar-refractivity contribution >= 4 is 34.8 Å². The number of rotatable bonds is 2. The van der Waals surface area contributed by atoms with E-state index < -0.39 is 5.54 Å². The maximum Gasteiger partial charge on any atom is 0.324 e. The van der Waals surface area contributed by atoms with Gasteiger partial charge in [-0.2, -0.15) is 0 Å². The quantitative estimate of drug-likeness (QED) is 0.651. The maximum atomic E-state index is 12.6. The van der Waals surface area contributed by atoms with Gasteiger partial charge in [0.05, 0.1) is 5.52 Å². The highest BCUT2D eigenvalue weighted by molar-refractivity contribution is 6.07. The van der Waals surface area contributed by atoms with Crippen molar-refractivity contribution in [1.29, 1.82) is 0 Å². The van der Waals surface area contributed by atoms with Crippen LogP contribution in [0.15, 0.2) is 42.6 Å². The molecule has 7 nitrogen and oxygen atoms in total. The molecule has 2 aliphatic heterocycles. The van der Waals surface area contributed by atoms with Crippen LogP contribution in [0.2, 0.25) is 0 Å². The summed E-state index contributed by atoms with van der Waals surface area (Å²) in [5.74, 6) is -0.311. The first-order valence-corrected chi connectivity index (χ1v) is 8.91. The van der Waals surface area contributed by atoms with Gasteiger partial charge in [-0.05, 0) is 36.6 Å². The molecule has 0 radical (unpaired) electrons. The van der Waals surface area contributed by atoms with E-state index in [4.69, 9.17) is 0 Å². The SMILES string of the molecule is CN1C(=O)NC2(CCN(C(=O)/C=C/c3ccnc4ccccc34)CC2)C1=O. The average molecular weight is 364 g/mol. The summed E-state index contributed by atoms with van der Waals surface area (Å²) in [7, 11) is 1.48. The third-order valence-corrected chi connectivity index (χ3v) is 5.38. The van der Waals surface area contributed by atoms with Crippen LogP contribution >= 0.6 is 0 Å². The van der Waals surface area contributed by atoms with Gasteiger partial charge in [0.25, 0.3) is 5.91 Å². The van der Waals surface area contributed by atoms with Crippen molar-refractivity contribution in [3.63, 3.8) is 0 Å². The van der Waals surface area contributed by atoms with Gasteiger partial charge in [-0.15, -0.1) is 0 Å². The van der Waals surface area contributed by atoms with E-state index in [1.54, 1.807) is 23.2 Å². The van der Waals surface area contributed by atoms with Crippen LogP contribution in [0.5, 0.6) is 0 Å². The summed E-state index contributed by atoms with van der Waals surface area (Å²) in [5.41, 5.74) is 0.960. The number of carbonyl (C=O) groups excluding carboxylic acids is 3. The van der Waals surface area contributed by atoms with Gasteiger partial charge in [0, 0.05) is 37.8 Å². The van der Waals surface area contributed by atoms with Crippen molar-refractivity contribution in [2.24, 2.45) is 0 Å². The fourth-order valence-electron chi connectivity index (χ4n) is 3.73. The molecule has 0 saturated carbocycles. The lowest BCUT2D eigenvalue weighted by molar-refractivity contribution is -0.135. The van der Waals surface area contributed by atoms with Gasteiger partial charge >= 0.3 is 6.03 Å². The van der Waals surface area contributed by atoms with E-state index in [1.807, 2.05) is 30.3 Å². The minimum Gasteiger partial charge on any atom is -0.339 e. The molecule has 1 N–H and O–H groups in total. The van der Waals surface area contributed by atoms with Crippen LogP contribution < -0.4 is 5.32 Å². The number of piperidine rings is 1. The maximum absolute atomic E-state index is 12.6. The Morgan fingerprint density at radius 1 is 1.19 bits per heavy atom. The Bertz CT molecular complexity index is 955. The number of fused-ring (bicyclic) bond motifs is 1.